The number of halogens is 1. The predicted molar refractivity (Wildman–Crippen MR) is 101 cm³/mol. The van der Waals surface area contributed by atoms with Crippen LogP contribution in [0.1, 0.15) is 0 Å². The Bertz CT molecular complexity index is 1160. The zero-order valence-corrected chi connectivity index (χ0v) is 14.7. The number of benzene rings is 3. The smallest absolute Gasteiger partial charge is 0.230 e. The normalized spacial score (nSPS) is 10.9. The Morgan fingerprint density at radius 3 is 2.41 bits per heavy atom. The summed E-state index contributed by atoms with van der Waals surface area (Å²) < 4.78 is 31.3. The number of hydrogen-bond donors (Lipinski definition) is 1. The SMILES string of the molecule is COc1cc2ncnc(Oc3ccc4cc(N)ccc4c3F)c2cc1OC. The van der Waals surface area contributed by atoms with Crippen LogP contribution in [-0.4, -0.2) is 24.2 Å². The number of nitrogen functional groups attached to an aromatic ring is 1. The Morgan fingerprint density at radius 2 is 1.63 bits per heavy atom. The van der Waals surface area contributed by atoms with Gasteiger partial charge in [-0.2, -0.15) is 0 Å². The number of aromatic nitrogens is 2. The molecule has 136 valence electrons. The second-order valence-electron chi connectivity index (χ2n) is 5.86. The standard InChI is InChI=1S/C20H16FN3O3/c1-25-17-8-14-15(9-18(17)26-2)23-10-24-20(14)27-16-6-3-11-7-12(22)4-5-13(11)19(16)21/h3-10H,22H2,1-2H3. The maximum absolute atomic E-state index is 14.9. The van der Waals surface area contributed by atoms with E-state index in [4.69, 9.17) is 19.9 Å². The number of nitrogens with zero attached hydrogens (tertiary/aromatic N) is 2. The summed E-state index contributed by atoms with van der Waals surface area (Å²) in [6.45, 7) is 0. The lowest BCUT2D eigenvalue weighted by molar-refractivity contribution is 0.355. The fraction of sp³-hybridized carbons (Fsp3) is 0.100. The number of ether oxygens (including phenoxy) is 3. The average Bonchev–Trinajstić information content (AvgIpc) is 2.69. The highest BCUT2D eigenvalue weighted by molar-refractivity contribution is 5.89. The lowest BCUT2D eigenvalue weighted by Gasteiger charge is -2.12. The van der Waals surface area contributed by atoms with Crippen molar-refractivity contribution in [3.63, 3.8) is 0 Å². The Balaban J connectivity index is 1.83. The van der Waals surface area contributed by atoms with E-state index in [9.17, 15) is 4.39 Å². The molecule has 0 saturated carbocycles. The number of methoxy groups -OCH3 is 2. The van der Waals surface area contributed by atoms with Gasteiger partial charge in [-0.25, -0.2) is 14.4 Å². The lowest BCUT2D eigenvalue weighted by Crippen LogP contribution is -1.96. The molecule has 4 rings (SSSR count). The van der Waals surface area contributed by atoms with Crippen LogP contribution in [0.2, 0.25) is 0 Å². The molecule has 3 aromatic carbocycles. The third-order valence-electron chi connectivity index (χ3n) is 4.25. The second kappa shape index (κ2) is 6.60. The summed E-state index contributed by atoms with van der Waals surface area (Å²) in [6.07, 6.45) is 1.35. The number of rotatable bonds is 4. The molecule has 7 heteroatoms. The van der Waals surface area contributed by atoms with Gasteiger partial charge >= 0.3 is 0 Å². The molecule has 0 bridgehead atoms. The summed E-state index contributed by atoms with van der Waals surface area (Å²) in [5.41, 5.74) is 6.91. The quantitative estimate of drug-likeness (QED) is 0.543. The van der Waals surface area contributed by atoms with Crippen LogP contribution in [0.25, 0.3) is 21.7 Å². The fourth-order valence-electron chi connectivity index (χ4n) is 2.91. The zero-order chi connectivity index (χ0) is 19.0. The summed E-state index contributed by atoms with van der Waals surface area (Å²) in [6, 6.07) is 11.7. The van der Waals surface area contributed by atoms with Gasteiger partial charge in [-0.05, 0) is 35.7 Å². The minimum atomic E-state index is -0.486. The topological polar surface area (TPSA) is 79.5 Å². The van der Waals surface area contributed by atoms with Crippen LogP contribution in [0.15, 0.2) is 48.8 Å². The molecule has 0 spiro atoms. The van der Waals surface area contributed by atoms with E-state index in [0.29, 0.717) is 38.9 Å². The molecule has 27 heavy (non-hydrogen) atoms. The second-order valence-corrected chi connectivity index (χ2v) is 5.86. The molecule has 1 heterocycles. The molecule has 0 aliphatic carbocycles. The van der Waals surface area contributed by atoms with Gasteiger partial charge in [-0.15, -0.1) is 0 Å². The Kier molecular flexibility index (Phi) is 4.12. The van der Waals surface area contributed by atoms with Crippen LogP contribution >= 0.6 is 0 Å². The monoisotopic (exact) mass is 365 g/mol. The minimum Gasteiger partial charge on any atom is -0.493 e. The van der Waals surface area contributed by atoms with Crippen LogP contribution in [0, 0.1) is 5.82 Å². The Hall–Kier alpha value is -3.61. The first kappa shape index (κ1) is 16.8. The zero-order valence-electron chi connectivity index (χ0n) is 14.7. The van der Waals surface area contributed by atoms with Crippen molar-refractivity contribution >= 4 is 27.4 Å². The summed E-state index contributed by atoms with van der Waals surface area (Å²) >= 11 is 0. The van der Waals surface area contributed by atoms with E-state index in [-0.39, 0.29) is 11.6 Å². The first-order valence-electron chi connectivity index (χ1n) is 8.13. The van der Waals surface area contributed by atoms with Crippen molar-refractivity contribution < 1.29 is 18.6 Å². The van der Waals surface area contributed by atoms with Crippen molar-refractivity contribution in [2.75, 3.05) is 20.0 Å². The van der Waals surface area contributed by atoms with E-state index in [0.717, 1.165) is 0 Å². The molecule has 0 aliphatic heterocycles. The van der Waals surface area contributed by atoms with E-state index in [1.54, 1.807) is 49.6 Å². The third-order valence-corrected chi connectivity index (χ3v) is 4.25. The van der Waals surface area contributed by atoms with Crippen molar-refractivity contribution in [3.8, 4) is 23.1 Å². The van der Waals surface area contributed by atoms with E-state index in [1.165, 1.54) is 13.4 Å². The van der Waals surface area contributed by atoms with Crippen molar-refractivity contribution in [1.29, 1.82) is 0 Å². The highest BCUT2D eigenvalue weighted by atomic mass is 19.1. The van der Waals surface area contributed by atoms with Crippen molar-refractivity contribution in [2.45, 2.75) is 0 Å². The van der Waals surface area contributed by atoms with Crippen LogP contribution in [-0.2, 0) is 0 Å². The molecular weight excluding hydrogens is 349 g/mol. The molecule has 1 aromatic heterocycles. The maximum Gasteiger partial charge on any atom is 0.230 e. The highest BCUT2D eigenvalue weighted by Crippen LogP contribution is 2.37. The highest BCUT2D eigenvalue weighted by Gasteiger charge is 2.15. The Labute approximate surface area is 154 Å². The van der Waals surface area contributed by atoms with Gasteiger partial charge in [0.2, 0.25) is 5.88 Å². The average molecular weight is 365 g/mol. The van der Waals surface area contributed by atoms with Crippen molar-refractivity contribution in [2.24, 2.45) is 0 Å². The minimum absolute atomic E-state index is 0.0575. The largest absolute Gasteiger partial charge is 0.493 e. The molecule has 0 radical (unpaired) electrons. The first-order valence-corrected chi connectivity index (χ1v) is 8.13. The molecule has 4 aromatic rings. The number of anilines is 1. The molecule has 6 nitrogen and oxygen atoms in total. The van der Waals surface area contributed by atoms with E-state index in [1.807, 2.05) is 0 Å². The molecule has 0 unspecified atom stereocenters. The van der Waals surface area contributed by atoms with E-state index >= 15 is 0 Å². The van der Waals surface area contributed by atoms with Gasteiger partial charge in [0.15, 0.2) is 23.1 Å². The molecule has 0 atom stereocenters. The molecule has 0 amide bonds. The van der Waals surface area contributed by atoms with Crippen LogP contribution < -0.4 is 19.9 Å². The molecule has 0 fully saturated rings. The van der Waals surface area contributed by atoms with Gasteiger partial charge in [0.1, 0.15) is 6.33 Å². The molecular formula is C20H16FN3O3. The van der Waals surface area contributed by atoms with Gasteiger partial charge < -0.3 is 19.9 Å². The first-order chi connectivity index (χ1) is 13.1. The van der Waals surface area contributed by atoms with Gasteiger partial charge in [0.05, 0.1) is 25.1 Å². The summed E-state index contributed by atoms with van der Waals surface area (Å²) in [5, 5.41) is 1.69. The summed E-state index contributed by atoms with van der Waals surface area (Å²) in [4.78, 5) is 8.37. The molecule has 0 saturated heterocycles. The lowest BCUT2D eigenvalue weighted by atomic mass is 10.1. The van der Waals surface area contributed by atoms with Crippen LogP contribution in [0.4, 0.5) is 10.1 Å². The summed E-state index contributed by atoms with van der Waals surface area (Å²) in [5.74, 6) is 0.819. The van der Waals surface area contributed by atoms with Crippen molar-refractivity contribution in [1.82, 2.24) is 9.97 Å². The number of fused-ring (bicyclic) bond motifs is 2. The van der Waals surface area contributed by atoms with Gasteiger partial charge in [0.25, 0.3) is 0 Å². The number of nitrogens with two attached hydrogens (primary N) is 1. The van der Waals surface area contributed by atoms with Gasteiger partial charge in [-0.3, -0.25) is 0 Å². The third kappa shape index (κ3) is 2.93. The van der Waals surface area contributed by atoms with E-state index < -0.39 is 5.82 Å². The van der Waals surface area contributed by atoms with Crippen LogP contribution in [0.5, 0.6) is 23.1 Å². The molecule has 2 N–H and O–H groups in total. The maximum atomic E-state index is 14.9. The van der Waals surface area contributed by atoms with Crippen molar-refractivity contribution in [3.05, 3.63) is 54.6 Å². The molecule has 0 aliphatic rings. The Morgan fingerprint density at radius 1 is 0.852 bits per heavy atom. The van der Waals surface area contributed by atoms with Crippen LogP contribution in [0.3, 0.4) is 0 Å². The predicted octanol–water partition coefficient (Wildman–Crippen LogP) is 4.31. The number of hydrogen-bond acceptors (Lipinski definition) is 6. The van der Waals surface area contributed by atoms with Gasteiger partial charge in [-0.1, -0.05) is 6.07 Å². The van der Waals surface area contributed by atoms with Gasteiger partial charge in [0, 0.05) is 17.1 Å². The summed E-state index contributed by atoms with van der Waals surface area (Å²) in [7, 11) is 3.07. The fourth-order valence-corrected chi connectivity index (χ4v) is 2.91. The van der Waals surface area contributed by atoms with E-state index in [2.05, 4.69) is 9.97 Å².